The molecule has 1 heterocycles. The highest BCUT2D eigenvalue weighted by Crippen LogP contribution is 2.46. The molecule has 0 aromatic heterocycles. The second-order valence-corrected chi connectivity index (χ2v) is 4.70. The molecule has 0 saturated carbocycles. The van der Waals surface area contributed by atoms with E-state index < -0.39 is 0 Å². The molecule has 1 aliphatic heterocycles. The van der Waals surface area contributed by atoms with Gasteiger partial charge in [0.05, 0.1) is 5.56 Å². The SMILES string of the molecule is C=C(C)C1CCc2cccc3c2C1OC3=O. The second-order valence-electron chi connectivity index (χ2n) is 4.70. The van der Waals surface area contributed by atoms with Gasteiger partial charge < -0.3 is 4.74 Å². The highest BCUT2D eigenvalue weighted by molar-refractivity contribution is 5.94. The predicted molar refractivity (Wildman–Crippen MR) is 61.2 cm³/mol. The third-order valence-electron chi connectivity index (χ3n) is 3.66. The minimum Gasteiger partial charge on any atom is -0.453 e. The zero-order chi connectivity index (χ0) is 11.3. The van der Waals surface area contributed by atoms with Crippen LogP contribution in [0, 0.1) is 5.92 Å². The van der Waals surface area contributed by atoms with Crippen LogP contribution in [0.5, 0.6) is 0 Å². The van der Waals surface area contributed by atoms with Gasteiger partial charge in [-0.25, -0.2) is 4.79 Å². The van der Waals surface area contributed by atoms with Crippen molar-refractivity contribution in [3.05, 3.63) is 47.0 Å². The number of carbonyl (C=O) groups is 1. The van der Waals surface area contributed by atoms with Gasteiger partial charge in [-0.15, -0.1) is 0 Å². The Labute approximate surface area is 94.9 Å². The lowest BCUT2D eigenvalue weighted by molar-refractivity contribution is 0.0254. The van der Waals surface area contributed by atoms with E-state index >= 15 is 0 Å². The lowest BCUT2D eigenvalue weighted by Gasteiger charge is -2.29. The molecular formula is C14H14O2. The molecule has 3 rings (SSSR count). The van der Waals surface area contributed by atoms with Gasteiger partial charge in [0, 0.05) is 11.5 Å². The van der Waals surface area contributed by atoms with Gasteiger partial charge in [0.2, 0.25) is 0 Å². The Morgan fingerprint density at radius 3 is 3.06 bits per heavy atom. The predicted octanol–water partition coefficient (Wildman–Crippen LogP) is 3.04. The monoisotopic (exact) mass is 214 g/mol. The van der Waals surface area contributed by atoms with Gasteiger partial charge in [-0.3, -0.25) is 0 Å². The lowest BCUT2D eigenvalue weighted by atomic mass is 9.78. The first-order chi connectivity index (χ1) is 7.68. The Kier molecular flexibility index (Phi) is 1.93. The van der Waals surface area contributed by atoms with E-state index in [0.717, 1.165) is 29.5 Å². The summed E-state index contributed by atoms with van der Waals surface area (Å²) in [6.45, 7) is 6.03. The van der Waals surface area contributed by atoms with Crippen LogP contribution in [0.4, 0.5) is 0 Å². The van der Waals surface area contributed by atoms with Crippen molar-refractivity contribution in [2.24, 2.45) is 5.92 Å². The van der Waals surface area contributed by atoms with Crippen LogP contribution < -0.4 is 0 Å². The molecule has 0 amide bonds. The van der Waals surface area contributed by atoms with Gasteiger partial charge in [-0.1, -0.05) is 24.3 Å². The van der Waals surface area contributed by atoms with Crippen molar-refractivity contribution in [3.8, 4) is 0 Å². The summed E-state index contributed by atoms with van der Waals surface area (Å²) in [6.07, 6.45) is 1.97. The average molecular weight is 214 g/mol. The first-order valence-electron chi connectivity index (χ1n) is 5.66. The van der Waals surface area contributed by atoms with Crippen molar-refractivity contribution in [2.45, 2.75) is 25.9 Å². The van der Waals surface area contributed by atoms with Crippen LogP contribution in [0.1, 0.15) is 40.9 Å². The normalized spacial score (nSPS) is 26.2. The number of ether oxygens (including phenoxy) is 1. The van der Waals surface area contributed by atoms with Crippen molar-refractivity contribution in [1.82, 2.24) is 0 Å². The summed E-state index contributed by atoms with van der Waals surface area (Å²) < 4.78 is 5.49. The third kappa shape index (κ3) is 1.16. The zero-order valence-electron chi connectivity index (χ0n) is 9.32. The molecule has 1 aliphatic carbocycles. The van der Waals surface area contributed by atoms with Gasteiger partial charge in [-0.05, 0) is 31.4 Å². The summed E-state index contributed by atoms with van der Waals surface area (Å²) in [5.74, 6) is 0.120. The van der Waals surface area contributed by atoms with E-state index in [1.54, 1.807) is 0 Å². The maximum absolute atomic E-state index is 11.7. The second kappa shape index (κ2) is 3.21. The standard InChI is InChI=1S/C14H14O2/c1-8(2)10-7-6-9-4-3-5-11-12(9)13(10)16-14(11)15/h3-5,10,13H,1,6-7H2,2H3. The molecule has 2 heteroatoms. The van der Waals surface area contributed by atoms with Crippen LogP contribution in [0.2, 0.25) is 0 Å². The zero-order valence-corrected chi connectivity index (χ0v) is 9.32. The van der Waals surface area contributed by atoms with Gasteiger partial charge in [-0.2, -0.15) is 0 Å². The summed E-state index contributed by atoms with van der Waals surface area (Å²) >= 11 is 0. The number of benzene rings is 1. The Morgan fingerprint density at radius 2 is 2.31 bits per heavy atom. The van der Waals surface area contributed by atoms with Crippen LogP contribution in [-0.2, 0) is 11.2 Å². The molecule has 2 aliphatic rings. The fourth-order valence-electron chi connectivity index (χ4n) is 2.83. The molecule has 16 heavy (non-hydrogen) atoms. The number of rotatable bonds is 1. The molecule has 2 nitrogen and oxygen atoms in total. The summed E-state index contributed by atoms with van der Waals surface area (Å²) in [4.78, 5) is 11.7. The number of hydrogen-bond donors (Lipinski definition) is 0. The van der Waals surface area contributed by atoms with E-state index in [4.69, 9.17) is 4.74 Å². The van der Waals surface area contributed by atoms with Gasteiger partial charge in [0.15, 0.2) is 0 Å². The minimum atomic E-state index is -0.171. The summed E-state index contributed by atoms with van der Waals surface area (Å²) in [5, 5.41) is 0. The number of esters is 1. The Balaban J connectivity index is 2.16. The summed E-state index contributed by atoms with van der Waals surface area (Å²) in [5.41, 5.74) is 4.26. The maximum atomic E-state index is 11.7. The van der Waals surface area contributed by atoms with E-state index in [1.807, 2.05) is 19.1 Å². The van der Waals surface area contributed by atoms with E-state index in [9.17, 15) is 4.79 Å². The first-order valence-corrected chi connectivity index (χ1v) is 5.66. The van der Waals surface area contributed by atoms with E-state index in [2.05, 4.69) is 12.6 Å². The molecular weight excluding hydrogens is 200 g/mol. The third-order valence-corrected chi connectivity index (χ3v) is 3.66. The van der Waals surface area contributed by atoms with Gasteiger partial charge in [0.1, 0.15) is 6.10 Å². The van der Waals surface area contributed by atoms with E-state index in [-0.39, 0.29) is 12.1 Å². The molecule has 0 bridgehead atoms. The van der Waals surface area contributed by atoms with Crippen molar-refractivity contribution in [3.63, 3.8) is 0 Å². The van der Waals surface area contributed by atoms with Crippen LogP contribution >= 0.6 is 0 Å². The number of carbonyl (C=O) groups excluding carboxylic acids is 1. The first kappa shape index (κ1) is 9.64. The molecule has 0 saturated heterocycles. The highest BCUT2D eigenvalue weighted by Gasteiger charge is 2.40. The molecule has 0 spiro atoms. The lowest BCUT2D eigenvalue weighted by Crippen LogP contribution is -2.20. The van der Waals surface area contributed by atoms with Crippen molar-refractivity contribution in [1.29, 1.82) is 0 Å². The Morgan fingerprint density at radius 1 is 1.50 bits per heavy atom. The van der Waals surface area contributed by atoms with Crippen molar-refractivity contribution < 1.29 is 9.53 Å². The molecule has 2 atom stereocenters. The fraction of sp³-hybridized carbons (Fsp3) is 0.357. The Bertz CT molecular complexity index is 488. The maximum Gasteiger partial charge on any atom is 0.339 e. The number of hydrogen-bond acceptors (Lipinski definition) is 2. The van der Waals surface area contributed by atoms with E-state index in [0.29, 0.717) is 5.92 Å². The average Bonchev–Trinajstić information content (AvgIpc) is 2.59. The largest absolute Gasteiger partial charge is 0.453 e. The molecule has 0 fully saturated rings. The highest BCUT2D eigenvalue weighted by atomic mass is 16.5. The van der Waals surface area contributed by atoms with E-state index in [1.165, 1.54) is 5.56 Å². The van der Waals surface area contributed by atoms with Crippen LogP contribution in [0.15, 0.2) is 30.4 Å². The smallest absolute Gasteiger partial charge is 0.339 e. The molecule has 1 aromatic carbocycles. The van der Waals surface area contributed by atoms with Crippen LogP contribution in [0.3, 0.4) is 0 Å². The minimum absolute atomic E-state index is 0.0788. The number of aryl methyl sites for hydroxylation is 1. The molecule has 82 valence electrons. The quantitative estimate of drug-likeness (QED) is 0.530. The van der Waals surface area contributed by atoms with Crippen LogP contribution in [-0.4, -0.2) is 5.97 Å². The van der Waals surface area contributed by atoms with Gasteiger partial charge >= 0.3 is 5.97 Å². The van der Waals surface area contributed by atoms with Gasteiger partial charge in [0.25, 0.3) is 0 Å². The molecule has 1 aromatic rings. The van der Waals surface area contributed by atoms with Crippen molar-refractivity contribution >= 4 is 5.97 Å². The Hall–Kier alpha value is -1.57. The molecule has 2 unspecified atom stereocenters. The summed E-state index contributed by atoms with van der Waals surface area (Å²) in [7, 11) is 0. The molecule has 0 N–H and O–H groups in total. The van der Waals surface area contributed by atoms with Crippen LogP contribution in [0.25, 0.3) is 0 Å². The molecule has 0 radical (unpaired) electrons. The van der Waals surface area contributed by atoms with Crippen molar-refractivity contribution in [2.75, 3.05) is 0 Å². The topological polar surface area (TPSA) is 26.3 Å². The summed E-state index contributed by atoms with van der Waals surface area (Å²) in [6, 6.07) is 5.91. The fourth-order valence-corrected chi connectivity index (χ4v) is 2.83.